The quantitative estimate of drug-likeness (QED) is 0.793. The number of nitrogens with one attached hydrogen (secondary N) is 1. The number of ether oxygens (including phenoxy) is 2. The van der Waals surface area contributed by atoms with Gasteiger partial charge >= 0.3 is 0 Å². The van der Waals surface area contributed by atoms with Crippen LogP contribution in [0.5, 0.6) is 11.5 Å². The van der Waals surface area contributed by atoms with Crippen LogP contribution in [-0.2, 0) is 9.59 Å². The van der Waals surface area contributed by atoms with Crippen molar-refractivity contribution in [1.29, 1.82) is 0 Å². The predicted molar refractivity (Wildman–Crippen MR) is 118 cm³/mol. The average molecular weight is 419 g/mol. The van der Waals surface area contributed by atoms with Crippen molar-refractivity contribution < 1.29 is 19.1 Å². The molecule has 1 aliphatic carbocycles. The van der Waals surface area contributed by atoms with Crippen molar-refractivity contribution in [2.24, 2.45) is 10.9 Å². The van der Waals surface area contributed by atoms with Crippen LogP contribution in [0.25, 0.3) is 0 Å². The van der Waals surface area contributed by atoms with E-state index in [1.54, 1.807) is 50.9 Å². The van der Waals surface area contributed by atoms with Gasteiger partial charge in [0.15, 0.2) is 0 Å². The van der Waals surface area contributed by atoms with Crippen LogP contribution in [-0.4, -0.2) is 36.6 Å². The van der Waals surface area contributed by atoms with Crippen LogP contribution in [0.3, 0.4) is 0 Å². The minimum atomic E-state index is -0.512. The molecule has 7 heteroatoms. The lowest BCUT2D eigenvalue weighted by molar-refractivity contribution is -0.122. The van der Waals surface area contributed by atoms with Crippen molar-refractivity contribution in [3.63, 3.8) is 0 Å². The lowest BCUT2D eigenvalue weighted by atomic mass is 9.69. The Morgan fingerprint density at radius 3 is 2.68 bits per heavy atom. The summed E-state index contributed by atoms with van der Waals surface area (Å²) in [6.07, 6.45) is 5.22. The predicted octanol–water partition coefficient (Wildman–Crippen LogP) is 3.92. The molecule has 1 aromatic heterocycles. The van der Waals surface area contributed by atoms with Crippen molar-refractivity contribution in [1.82, 2.24) is 4.98 Å². The second kappa shape index (κ2) is 8.71. The van der Waals surface area contributed by atoms with Gasteiger partial charge in [-0.15, -0.1) is 0 Å². The van der Waals surface area contributed by atoms with Gasteiger partial charge in [0.05, 0.1) is 32.0 Å². The zero-order valence-corrected chi connectivity index (χ0v) is 17.8. The monoisotopic (exact) mass is 419 g/mol. The fraction of sp³-hybridized carbons (Fsp3) is 0.333. The van der Waals surface area contributed by atoms with Gasteiger partial charge < -0.3 is 14.8 Å². The van der Waals surface area contributed by atoms with Crippen LogP contribution in [0, 0.1) is 5.92 Å². The lowest BCUT2D eigenvalue weighted by Gasteiger charge is -2.36. The molecular weight excluding hydrogens is 394 g/mol. The van der Waals surface area contributed by atoms with E-state index in [0.29, 0.717) is 34.9 Å². The first-order valence-electron chi connectivity index (χ1n) is 10.3. The molecule has 0 saturated heterocycles. The van der Waals surface area contributed by atoms with Gasteiger partial charge in [-0.1, -0.05) is 0 Å². The van der Waals surface area contributed by atoms with E-state index in [9.17, 15) is 9.59 Å². The van der Waals surface area contributed by atoms with Gasteiger partial charge in [0, 0.05) is 41.1 Å². The number of nitrogens with zero attached hydrogens (tertiary/aromatic N) is 2. The molecule has 4 rings (SSSR count). The molecule has 1 fully saturated rings. The Hall–Kier alpha value is -3.48. The zero-order chi connectivity index (χ0) is 22.0. The second-order valence-corrected chi connectivity index (χ2v) is 7.68. The number of anilines is 1. The third-order valence-electron chi connectivity index (χ3n) is 5.84. The Labute approximate surface area is 181 Å². The maximum atomic E-state index is 13.4. The highest BCUT2D eigenvalue weighted by atomic mass is 16.5. The van der Waals surface area contributed by atoms with Crippen LogP contribution >= 0.6 is 0 Å². The number of Topliss-reactive ketones (excluding diaryl/α,β-unsaturated/α-hetero) is 1. The Morgan fingerprint density at radius 2 is 1.97 bits per heavy atom. The molecule has 7 nitrogen and oxygen atoms in total. The molecule has 160 valence electrons. The van der Waals surface area contributed by atoms with Crippen LogP contribution < -0.4 is 14.8 Å². The second-order valence-electron chi connectivity index (χ2n) is 7.68. The maximum absolute atomic E-state index is 13.4. The van der Waals surface area contributed by atoms with E-state index in [2.05, 4.69) is 10.3 Å². The number of pyridine rings is 1. The highest BCUT2D eigenvalue weighted by Crippen LogP contribution is 2.46. The normalized spacial score (nSPS) is 20.6. The largest absolute Gasteiger partial charge is 0.497 e. The number of hydrogen-bond acceptors (Lipinski definition) is 6. The van der Waals surface area contributed by atoms with E-state index in [0.717, 1.165) is 24.1 Å². The number of hydrogen-bond donors (Lipinski definition) is 1. The number of methoxy groups -OCH3 is 2. The van der Waals surface area contributed by atoms with Crippen molar-refractivity contribution in [2.75, 3.05) is 19.5 Å². The molecule has 2 unspecified atom stereocenters. The summed E-state index contributed by atoms with van der Waals surface area (Å²) in [6, 6.07) is 8.97. The Bertz CT molecular complexity index is 1080. The number of ketones is 1. The van der Waals surface area contributed by atoms with Gasteiger partial charge in [-0.25, -0.2) is 0 Å². The fourth-order valence-electron chi connectivity index (χ4n) is 4.47. The number of benzene rings is 1. The van der Waals surface area contributed by atoms with Gasteiger partial charge in [-0.05, 0) is 50.1 Å². The maximum Gasteiger partial charge on any atom is 0.254 e. The van der Waals surface area contributed by atoms with Gasteiger partial charge in [0.2, 0.25) is 0 Å². The number of carbonyl (C=O) groups is 2. The summed E-state index contributed by atoms with van der Waals surface area (Å²) in [5.74, 6) is 0.0217. The summed E-state index contributed by atoms with van der Waals surface area (Å²) in [6.45, 7) is 1.82. The third kappa shape index (κ3) is 3.95. The van der Waals surface area contributed by atoms with E-state index in [1.807, 2.05) is 13.0 Å². The number of aromatic nitrogens is 1. The van der Waals surface area contributed by atoms with E-state index < -0.39 is 11.8 Å². The number of fused-ring (bicyclic) bond motifs is 1. The van der Waals surface area contributed by atoms with Crippen molar-refractivity contribution in [3.05, 3.63) is 59.6 Å². The van der Waals surface area contributed by atoms with Crippen LogP contribution in [0.2, 0.25) is 0 Å². The molecule has 2 heterocycles. The Morgan fingerprint density at radius 1 is 1.13 bits per heavy atom. The van der Waals surface area contributed by atoms with Crippen molar-refractivity contribution in [3.8, 4) is 11.5 Å². The number of amides is 1. The van der Waals surface area contributed by atoms with E-state index in [1.165, 1.54) is 0 Å². The summed E-state index contributed by atoms with van der Waals surface area (Å²) in [5, 5.41) is 2.91. The minimum Gasteiger partial charge on any atom is -0.497 e. The molecule has 1 saturated carbocycles. The summed E-state index contributed by atoms with van der Waals surface area (Å²) in [5.41, 5.74) is 3.22. The standard InChI is InChI=1S/C24H25N3O4/c1-14-21(24(29)27-15-6-5-11-25-13-15)22(23-18(26-14)7-4-8-19(23)28)17-12-16(30-2)9-10-20(17)31-3/h5-6,9-13,22-23H,4,7-8H2,1-3H3,(H,27,29). The highest BCUT2D eigenvalue weighted by molar-refractivity contribution is 6.14. The molecule has 0 radical (unpaired) electrons. The molecule has 1 N–H and O–H groups in total. The molecule has 1 aromatic carbocycles. The van der Waals surface area contributed by atoms with E-state index in [4.69, 9.17) is 14.5 Å². The van der Waals surface area contributed by atoms with Gasteiger partial charge in [-0.3, -0.25) is 19.6 Å². The van der Waals surface area contributed by atoms with Crippen molar-refractivity contribution >= 4 is 23.1 Å². The summed E-state index contributed by atoms with van der Waals surface area (Å²) in [7, 11) is 3.17. The van der Waals surface area contributed by atoms with Crippen LogP contribution in [0.15, 0.2) is 59.0 Å². The summed E-state index contributed by atoms with van der Waals surface area (Å²) >= 11 is 0. The molecular formula is C24H25N3O4. The smallest absolute Gasteiger partial charge is 0.254 e. The average Bonchev–Trinajstić information content (AvgIpc) is 2.78. The van der Waals surface area contributed by atoms with Gasteiger partial charge in [-0.2, -0.15) is 0 Å². The Balaban J connectivity index is 1.86. The molecule has 2 atom stereocenters. The lowest BCUT2D eigenvalue weighted by Crippen LogP contribution is -2.39. The molecule has 2 aliphatic rings. The summed E-state index contributed by atoms with van der Waals surface area (Å²) < 4.78 is 11.1. The first kappa shape index (κ1) is 20.8. The third-order valence-corrected chi connectivity index (χ3v) is 5.84. The number of rotatable bonds is 5. The molecule has 31 heavy (non-hydrogen) atoms. The SMILES string of the molecule is COc1ccc(OC)c(C2C(C(=O)Nc3cccnc3)=C(C)N=C3CCCC(=O)C32)c1. The molecule has 2 aromatic rings. The van der Waals surface area contributed by atoms with Crippen LogP contribution in [0.4, 0.5) is 5.69 Å². The Kier molecular flexibility index (Phi) is 5.84. The highest BCUT2D eigenvalue weighted by Gasteiger charge is 2.44. The minimum absolute atomic E-state index is 0.0963. The first-order chi connectivity index (χ1) is 15.0. The van der Waals surface area contributed by atoms with E-state index in [-0.39, 0.29) is 11.7 Å². The van der Waals surface area contributed by atoms with Gasteiger partial charge in [0.1, 0.15) is 17.3 Å². The first-order valence-corrected chi connectivity index (χ1v) is 10.3. The molecule has 0 spiro atoms. The number of allylic oxidation sites excluding steroid dienone is 1. The van der Waals surface area contributed by atoms with Crippen LogP contribution in [0.1, 0.15) is 37.7 Å². The molecule has 1 aliphatic heterocycles. The summed E-state index contributed by atoms with van der Waals surface area (Å²) in [4.78, 5) is 35.3. The van der Waals surface area contributed by atoms with E-state index >= 15 is 0 Å². The fourth-order valence-corrected chi connectivity index (χ4v) is 4.47. The van der Waals surface area contributed by atoms with Crippen molar-refractivity contribution in [2.45, 2.75) is 32.1 Å². The zero-order valence-electron chi connectivity index (χ0n) is 17.8. The topological polar surface area (TPSA) is 89.9 Å². The molecule has 0 bridgehead atoms. The number of carbonyl (C=O) groups excluding carboxylic acids is 2. The number of aliphatic imine (C=N–C) groups is 1. The molecule has 1 amide bonds. The van der Waals surface area contributed by atoms with Gasteiger partial charge in [0.25, 0.3) is 5.91 Å².